The average Bonchev–Trinajstić information content (AvgIpc) is 3.25. The Morgan fingerprint density at radius 2 is 2.03 bits per heavy atom. The van der Waals surface area contributed by atoms with E-state index in [1.807, 2.05) is 25.3 Å². The first-order valence-corrected chi connectivity index (χ1v) is 11.3. The van der Waals surface area contributed by atoms with Crippen molar-refractivity contribution in [2.75, 3.05) is 6.26 Å². The molecule has 6 nitrogen and oxygen atoms in total. The lowest BCUT2D eigenvalue weighted by Gasteiger charge is -2.20. The number of rotatable bonds is 3. The number of para-hydroxylation sites is 1. The Bertz CT molecular complexity index is 1130. The Labute approximate surface area is 178 Å². The molecule has 1 amide bonds. The van der Waals surface area contributed by atoms with Crippen molar-refractivity contribution in [1.29, 1.82) is 5.41 Å². The number of nitrogens with zero attached hydrogens (tertiary/aromatic N) is 4. The molecule has 0 fully saturated rings. The van der Waals surface area contributed by atoms with E-state index in [-0.39, 0.29) is 11.4 Å². The summed E-state index contributed by atoms with van der Waals surface area (Å²) in [4.78, 5) is 16.8. The molecule has 4 rings (SSSR count). The van der Waals surface area contributed by atoms with E-state index in [2.05, 4.69) is 46.7 Å². The monoisotopic (exact) mass is 423 g/mol. The Kier molecular flexibility index (Phi) is 5.23. The van der Waals surface area contributed by atoms with Crippen LogP contribution in [0.1, 0.15) is 29.4 Å². The summed E-state index contributed by atoms with van der Waals surface area (Å²) in [7, 11) is 0. The van der Waals surface area contributed by atoms with Crippen molar-refractivity contribution in [3.63, 3.8) is 0 Å². The van der Waals surface area contributed by atoms with Crippen LogP contribution >= 0.6 is 23.5 Å². The summed E-state index contributed by atoms with van der Waals surface area (Å²) in [6, 6.07) is 10.4. The molecular weight excluding hydrogens is 402 g/mol. The Balaban J connectivity index is 1.78. The molecule has 2 aromatic rings. The molecule has 0 spiro atoms. The number of aromatic nitrogens is 1. The highest BCUT2D eigenvalue weighted by atomic mass is 32.2. The first-order valence-electron chi connectivity index (χ1n) is 9.26. The zero-order valence-electron chi connectivity index (χ0n) is 16.7. The molecule has 0 atom stereocenters. The van der Waals surface area contributed by atoms with Crippen molar-refractivity contribution < 1.29 is 4.79 Å². The van der Waals surface area contributed by atoms with Gasteiger partial charge in [0.1, 0.15) is 0 Å². The van der Waals surface area contributed by atoms with Gasteiger partial charge in [-0.15, -0.1) is 16.9 Å². The predicted molar refractivity (Wildman–Crippen MR) is 123 cm³/mol. The van der Waals surface area contributed by atoms with E-state index in [4.69, 9.17) is 5.41 Å². The van der Waals surface area contributed by atoms with Crippen molar-refractivity contribution >= 4 is 50.9 Å². The maximum absolute atomic E-state index is 12.6. The summed E-state index contributed by atoms with van der Waals surface area (Å²) in [6.45, 7) is 6.23. The minimum atomic E-state index is -0.398. The summed E-state index contributed by atoms with van der Waals surface area (Å²) < 4.78 is 2.98. The Morgan fingerprint density at radius 3 is 2.76 bits per heavy atom. The molecule has 0 bridgehead atoms. The number of amidine groups is 2. The average molecular weight is 424 g/mol. The van der Waals surface area contributed by atoms with E-state index in [0.717, 1.165) is 33.4 Å². The van der Waals surface area contributed by atoms with Crippen molar-refractivity contribution in [1.82, 2.24) is 9.58 Å². The third-order valence-electron chi connectivity index (χ3n) is 4.99. The summed E-state index contributed by atoms with van der Waals surface area (Å²) in [5.41, 5.74) is 5.66. The SMILES string of the molecule is CCc1ccccc1-n1c(C)cc(/C=C2\C(=N)N3N=C(SC)SC3=NC2=O)c1C. The van der Waals surface area contributed by atoms with Crippen LogP contribution in [0.15, 0.2) is 46.0 Å². The summed E-state index contributed by atoms with van der Waals surface area (Å²) in [5, 5.41) is 14.8. The third kappa shape index (κ3) is 3.36. The molecule has 1 N–H and O–H groups in total. The normalized spacial score (nSPS) is 17.7. The van der Waals surface area contributed by atoms with Gasteiger partial charge in [-0.25, -0.2) is 0 Å². The highest BCUT2D eigenvalue weighted by Crippen LogP contribution is 2.32. The van der Waals surface area contributed by atoms with Crippen molar-refractivity contribution in [3.8, 4) is 5.69 Å². The molecule has 2 aliphatic rings. The fraction of sp³-hybridized carbons (Fsp3) is 0.238. The van der Waals surface area contributed by atoms with Crippen LogP contribution in [0.3, 0.4) is 0 Å². The first kappa shape index (κ1) is 19.7. The van der Waals surface area contributed by atoms with E-state index < -0.39 is 5.91 Å². The third-order valence-corrected chi connectivity index (χ3v) is 6.88. The molecule has 148 valence electrons. The number of carbonyl (C=O) groups is 1. The molecule has 0 saturated heterocycles. The molecule has 2 aliphatic heterocycles. The molecule has 0 radical (unpaired) electrons. The van der Waals surface area contributed by atoms with Gasteiger partial charge in [-0.05, 0) is 67.6 Å². The van der Waals surface area contributed by atoms with Crippen LogP contribution in [0.2, 0.25) is 0 Å². The Morgan fingerprint density at radius 1 is 1.28 bits per heavy atom. The maximum Gasteiger partial charge on any atom is 0.283 e. The Hall–Kier alpha value is -2.58. The molecule has 3 heterocycles. The molecular formula is C21H21N5OS2. The van der Waals surface area contributed by atoms with E-state index in [1.54, 1.807) is 6.08 Å². The molecule has 8 heteroatoms. The van der Waals surface area contributed by atoms with Crippen molar-refractivity contribution in [3.05, 3.63) is 58.4 Å². The fourth-order valence-electron chi connectivity index (χ4n) is 3.54. The van der Waals surface area contributed by atoms with Crippen LogP contribution < -0.4 is 0 Å². The van der Waals surface area contributed by atoms with Crippen LogP contribution in [0.25, 0.3) is 11.8 Å². The largest absolute Gasteiger partial charge is 0.318 e. The molecule has 29 heavy (non-hydrogen) atoms. The van der Waals surface area contributed by atoms with Crippen molar-refractivity contribution in [2.45, 2.75) is 27.2 Å². The van der Waals surface area contributed by atoms with E-state index in [9.17, 15) is 4.79 Å². The topological polar surface area (TPSA) is 73.8 Å². The zero-order valence-corrected chi connectivity index (χ0v) is 18.3. The molecule has 0 saturated carbocycles. The fourth-order valence-corrected chi connectivity index (χ4v) is 4.89. The number of aliphatic imine (C=N–C) groups is 1. The van der Waals surface area contributed by atoms with Crippen LogP contribution in [0.4, 0.5) is 0 Å². The van der Waals surface area contributed by atoms with Gasteiger partial charge in [0, 0.05) is 17.1 Å². The van der Waals surface area contributed by atoms with Gasteiger partial charge >= 0.3 is 0 Å². The van der Waals surface area contributed by atoms with Gasteiger partial charge < -0.3 is 4.57 Å². The quantitative estimate of drug-likeness (QED) is 0.733. The number of fused-ring (bicyclic) bond motifs is 1. The highest BCUT2D eigenvalue weighted by Gasteiger charge is 2.35. The van der Waals surface area contributed by atoms with E-state index >= 15 is 0 Å². The first-order chi connectivity index (χ1) is 13.9. The van der Waals surface area contributed by atoms with Gasteiger partial charge in [-0.1, -0.05) is 25.1 Å². The summed E-state index contributed by atoms with van der Waals surface area (Å²) in [5.74, 6) is -0.333. The number of hydrazone groups is 1. The second-order valence-corrected chi connectivity index (χ2v) is 8.74. The number of nitrogens with one attached hydrogen (secondary N) is 1. The predicted octanol–water partition coefficient (Wildman–Crippen LogP) is 4.60. The van der Waals surface area contributed by atoms with Gasteiger partial charge in [0.25, 0.3) is 5.91 Å². The lowest BCUT2D eigenvalue weighted by molar-refractivity contribution is -0.114. The summed E-state index contributed by atoms with van der Waals surface area (Å²) in [6.07, 6.45) is 4.61. The number of hydrogen-bond acceptors (Lipinski definition) is 5. The minimum Gasteiger partial charge on any atom is -0.318 e. The van der Waals surface area contributed by atoms with Crippen LogP contribution in [0, 0.1) is 19.3 Å². The highest BCUT2D eigenvalue weighted by molar-refractivity contribution is 8.45. The summed E-state index contributed by atoms with van der Waals surface area (Å²) >= 11 is 2.79. The number of thioether (sulfide) groups is 2. The molecule has 0 aliphatic carbocycles. The van der Waals surface area contributed by atoms with Gasteiger partial charge in [0.05, 0.1) is 5.57 Å². The van der Waals surface area contributed by atoms with Gasteiger partial charge in [-0.2, -0.15) is 10.0 Å². The molecule has 1 aromatic carbocycles. The van der Waals surface area contributed by atoms with Crippen LogP contribution in [-0.4, -0.2) is 37.1 Å². The number of carbonyl (C=O) groups excluding carboxylic acids is 1. The van der Waals surface area contributed by atoms with Crippen molar-refractivity contribution in [2.24, 2.45) is 10.1 Å². The second kappa shape index (κ2) is 7.68. The second-order valence-electron chi connectivity index (χ2n) is 6.73. The van der Waals surface area contributed by atoms with E-state index in [1.165, 1.54) is 34.1 Å². The standard InChI is InChI=1S/C21H21N5OS2/c1-5-14-8-6-7-9-17(14)25-12(2)10-15(13(25)3)11-16-18(22)26-20(23-19(16)27)29-21(24-26)28-4/h6-11,22H,5H2,1-4H3/b16-11+,22-18?. The zero-order chi connectivity index (χ0) is 20.7. The number of aryl methyl sites for hydroxylation is 2. The number of amides is 1. The maximum atomic E-state index is 12.6. The molecule has 1 aromatic heterocycles. The van der Waals surface area contributed by atoms with Crippen LogP contribution in [-0.2, 0) is 11.2 Å². The minimum absolute atomic E-state index is 0.0651. The van der Waals surface area contributed by atoms with Gasteiger partial charge in [0.15, 0.2) is 10.2 Å². The van der Waals surface area contributed by atoms with Gasteiger partial charge in [-0.3, -0.25) is 10.2 Å². The van der Waals surface area contributed by atoms with Crippen LogP contribution in [0.5, 0.6) is 0 Å². The number of benzene rings is 1. The molecule has 0 unspecified atom stereocenters. The number of hydrogen-bond donors (Lipinski definition) is 1. The van der Waals surface area contributed by atoms with Gasteiger partial charge in [0.2, 0.25) is 5.17 Å². The smallest absolute Gasteiger partial charge is 0.283 e. The van der Waals surface area contributed by atoms with E-state index in [0.29, 0.717) is 5.17 Å². The lowest BCUT2D eigenvalue weighted by Crippen LogP contribution is -2.35. The lowest BCUT2D eigenvalue weighted by atomic mass is 10.1.